The highest BCUT2D eigenvalue weighted by Crippen LogP contribution is 2.22. The van der Waals surface area contributed by atoms with Crippen molar-refractivity contribution in [1.29, 1.82) is 5.26 Å². The first-order chi connectivity index (χ1) is 11.1. The molecule has 0 aliphatic carbocycles. The minimum Gasteiger partial charge on any atom is -0.361 e. The molecule has 0 unspecified atom stereocenters. The molecule has 1 aromatic carbocycles. The van der Waals surface area contributed by atoms with E-state index in [9.17, 15) is 5.26 Å². The van der Waals surface area contributed by atoms with E-state index in [-0.39, 0.29) is 0 Å². The molecule has 0 atom stereocenters. The van der Waals surface area contributed by atoms with Crippen LogP contribution in [0.25, 0.3) is 0 Å². The third-order valence-corrected chi connectivity index (χ3v) is 3.78. The van der Waals surface area contributed by atoms with Crippen LogP contribution in [-0.2, 0) is 12.8 Å². The molecule has 3 nitrogen and oxygen atoms in total. The second-order valence-corrected chi connectivity index (χ2v) is 5.85. The summed E-state index contributed by atoms with van der Waals surface area (Å²) in [6.45, 7) is 6.41. The predicted molar refractivity (Wildman–Crippen MR) is 95.2 cm³/mol. The van der Waals surface area contributed by atoms with E-state index in [0.29, 0.717) is 17.9 Å². The van der Waals surface area contributed by atoms with Crippen LogP contribution in [0.4, 0.5) is 5.69 Å². The first kappa shape index (κ1) is 16.8. The molecule has 0 amide bonds. The number of allylic oxidation sites excluding steroid dienone is 1. The van der Waals surface area contributed by atoms with Crippen molar-refractivity contribution in [3.63, 3.8) is 0 Å². The average molecular weight is 305 g/mol. The van der Waals surface area contributed by atoms with Gasteiger partial charge in [0.25, 0.3) is 0 Å². The standard InChI is InChI=1S/C20H23N3/c1-4-18-11-17(20(14-23-18)15(2)3)10-16(12-21)13-22-19-8-6-5-7-9-19/h5-9,11,13-15,22H,4,10H2,1-3H3/b16-13-. The van der Waals surface area contributed by atoms with Crippen LogP contribution in [0, 0.1) is 11.3 Å². The summed E-state index contributed by atoms with van der Waals surface area (Å²) < 4.78 is 0. The van der Waals surface area contributed by atoms with Gasteiger partial charge in [0.15, 0.2) is 0 Å². The van der Waals surface area contributed by atoms with Gasteiger partial charge in [0.05, 0.1) is 6.07 Å². The van der Waals surface area contributed by atoms with Crippen LogP contribution in [0.3, 0.4) is 0 Å². The first-order valence-corrected chi connectivity index (χ1v) is 8.02. The van der Waals surface area contributed by atoms with Crippen molar-refractivity contribution in [2.24, 2.45) is 0 Å². The zero-order valence-corrected chi connectivity index (χ0v) is 14.0. The minimum atomic E-state index is 0.394. The van der Waals surface area contributed by atoms with Crippen molar-refractivity contribution in [3.05, 3.63) is 71.2 Å². The molecule has 0 spiro atoms. The SMILES string of the molecule is CCc1cc(C/C(C#N)=C/Nc2ccccc2)c(C(C)C)cn1. The number of nitrogens with zero attached hydrogens (tertiary/aromatic N) is 2. The van der Waals surface area contributed by atoms with Crippen molar-refractivity contribution in [2.45, 2.75) is 39.5 Å². The Kier molecular flexibility index (Phi) is 5.94. The lowest BCUT2D eigenvalue weighted by atomic mass is 9.94. The predicted octanol–water partition coefficient (Wildman–Crippen LogP) is 4.83. The highest BCUT2D eigenvalue weighted by molar-refractivity contribution is 5.47. The summed E-state index contributed by atoms with van der Waals surface area (Å²) >= 11 is 0. The lowest BCUT2D eigenvalue weighted by molar-refractivity contribution is 0.830. The van der Waals surface area contributed by atoms with Crippen molar-refractivity contribution in [3.8, 4) is 6.07 Å². The number of pyridine rings is 1. The number of hydrogen-bond donors (Lipinski definition) is 1. The molecule has 23 heavy (non-hydrogen) atoms. The van der Waals surface area contributed by atoms with Gasteiger partial charge in [0.2, 0.25) is 0 Å². The lowest BCUT2D eigenvalue weighted by Gasteiger charge is -2.13. The second-order valence-electron chi connectivity index (χ2n) is 5.85. The Labute approximate surface area is 138 Å². The summed E-state index contributed by atoms with van der Waals surface area (Å²) in [4.78, 5) is 4.49. The largest absolute Gasteiger partial charge is 0.361 e. The third kappa shape index (κ3) is 4.69. The van der Waals surface area contributed by atoms with E-state index in [0.717, 1.165) is 17.8 Å². The van der Waals surface area contributed by atoms with Crippen molar-refractivity contribution >= 4 is 5.69 Å². The zero-order valence-electron chi connectivity index (χ0n) is 14.0. The summed E-state index contributed by atoms with van der Waals surface area (Å²) in [5.74, 6) is 0.394. The summed E-state index contributed by atoms with van der Waals surface area (Å²) in [5, 5.41) is 12.6. The van der Waals surface area contributed by atoms with Gasteiger partial charge in [-0.2, -0.15) is 5.26 Å². The smallest absolute Gasteiger partial charge is 0.0965 e. The van der Waals surface area contributed by atoms with Crippen molar-refractivity contribution in [2.75, 3.05) is 5.32 Å². The quantitative estimate of drug-likeness (QED) is 0.778. The Balaban J connectivity index is 2.23. The second kappa shape index (κ2) is 8.14. The fourth-order valence-corrected chi connectivity index (χ4v) is 2.46. The number of nitriles is 1. The van der Waals surface area contributed by atoms with Gasteiger partial charge in [-0.25, -0.2) is 0 Å². The molecule has 1 heterocycles. The molecule has 0 aliphatic rings. The van der Waals surface area contributed by atoms with Crippen molar-refractivity contribution in [1.82, 2.24) is 4.98 Å². The zero-order chi connectivity index (χ0) is 16.7. The Morgan fingerprint density at radius 3 is 2.65 bits per heavy atom. The minimum absolute atomic E-state index is 0.394. The molecular weight excluding hydrogens is 282 g/mol. The van der Waals surface area contributed by atoms with Gasteiger partial charge in [-0.05, 0) is 41.7 Å². The highest BCUT2D eigenvalue weighted by Gasteiger charge is 2.10. The number of para-hydroxylation sites is 1. The van der Waals surface area contributed by atoms with Gasteiger partial charge in [-0.3, -0.25) is 4.98 Å². The Morgan fingerprint density at radius 1 is 1.30 bits per heavy atom. The summed E-state index contributed by atoms with van der Waals surface area (Å²) in [5.41, 5.74) is 5.16. The van der Waals surface area contributed by atoms with Crippen LogP contribution in [0.1, 0.15) is 43.5 Å². The van der Waals surface area contributed by atoms with E-state index in [1.165, 1.54) is 11.1 Å². The van der Waals surface area contributed by atoms with Gasteiger partial charge in [0, 0.05) is 35.8 Å². The summed E-state index contributed by atoms with van der Waals surface area (Å²) in [7, 11) is 0. The van der Waals surface area contributed by atoms with E-state index in [4.69, 9.17) is 0 Å². The molecule has 1 N–H and O–H groups in total. The molecule has 2 rings (SSSR count). The van der Waals surface area contributed by atoms with Gasteiger partial charge in [-0.1, -0.05) is 39.0 Å². The van der Waals surface area contributed by atoms with Crippen molar-refractivity contribution < 1.29 is 0 Å². The summed E-state index contributed by atoms with van der Waals surface area (Å²) in [6, 6.07) is 14.3. The van der Waals surface area contributed by atoms with Gasteiger partial charge in [0.1, 0.15) is 0 Å². The van der Waals surface area contributed by atoms with Crippen LogP contribution < -0.4 is 5.32 Å². The molecule has 3 heteroatoms. The molecule has 0 aliphatic heterocycles. The highest BCUT2D eigenvalue weighted by atomic mass is 14.8. The monoisotopic (exact) mass is 305 g/mol. The molecule has 0 saturated heterocycles. The fourth-order valence-electron chi connectivity index (χ4n) is 2.46. The molecular formula is C20H23N3. The molecule has 2 aromatic rings. The lowest BCUT2D eigenvalue weighted by Crippen LogP contribution is -2.03. The molecule has 0 bridgehead atoms. The van der Waals surface area contributed by atoms with E-state index in [1.54, 1.807) is 6.20 Å². The van der Waals surface area contributed by atoms with E-state index < -0.39 is 0 Å². The third-order valence-electron chi connectivity index (χ3n) is 3.78. The Hall–Kier alpha value is -2.60. The molecule has 0 radical (unpaired) electrons. The van der Waals surface area contributed by atoms with Crippen LogP contribution in [0.5, 0.6) is 0 Å². The number of rotatable bonds is 6. The average Bonchev–Trinajstić information content (AvgIpc) is 2.59. The summed E-state index contributed by atoms with van der Waals surface area (Å²) in [6.07, 6.45) is 5.28. The number of nitrogens with one attached hydrogen (secondary N) is 1. The Bertz CT molecular complexity index is 709. The van der Waals surface area contributed by atoms with E-state index in [1.807, 2.05) is 36.5 Å². The molecule has 1 aromatic heterocycles. The number of aryl methyl sites for hydroxylation is 1. The van der Waals surface area contributed by atoms with E-state index >= 15 is 0 Å². The maximum atomic E-state index is 9.45. The number of anilines is 1. The number of benzene rings is 1. The Morgan fingerprint density at radius 2 is 2.04 bits per heavy atom. The van der Waals surface area contributed by atoms with Gasteiger partial charge >= 0.3 is 0 Å². The normalized spacial score (nSPS) is 11.3. The van der Waals surface area contributed by atoms with Gasteiger partial charge in [-0.15, -0.1) is 0 Å². The maximum Gasteiger partial charge on any atom is 0.0965 e. The molecule has 0 fully saturated rings. The maximum absolute atomic E-state index is 9.45. The number of hydrogen-bond acceptors (Lipinski definition) is 3. The van der Waals surface area contributed by atoms with Crippen LogP contribution in [-0.4, -0.2) is 4.98 Å². The fraction of sp³-hybridized carbons (Fsp3) is 0.300. The van der Waals surface area contributed by atoms with Crippen LogP contribution >= 0.6 is 0 Å². The topological polar surface area (TPSA) is 48.7 Å². The number of aromatic nitrogens is 1. The first-order valence-electron chi connectivity index (χ1n) is 8.02. The van der Waals surface area contributed by atoms with E-state index in [2.05, 4.69) is 43.2 Å². The molecule has 118 valence electrons. The van der Waals surface area contributed by atoms with Crippen LogP contribution in [0.15, 0.2) is 54.4 Å². The van der Waals surface area contributed by atoms with Gasteiger partial charge < -0.3 is 5.32 Å². The molecule has 0 saturated carbocycles. The van der Waals surface area contributed by atoms with Crippen LogP contribution in [0.2, 0.25) is 0 Å².